The van der Waals surface area contributed by atoms with Gasteiger partial charge in [-0.25, -0.2) is 19.6 Å². The summed E-state index contributed by atoms with van der Waals surface area (Å²) in [5.41, 5.74) is 3.91. The minimum atomic E-state index is -1.55. The Labute approximate surface area is 282 Å². The van der Waals surface area contributed by atoms with Crippen LogP contribution in [0.1, 0.15) is 83.7 Å². The molecule has 15 heteroatoms. The summed E-state index contributed by atoms with van der Waals surface area (Å²) in [5.74, 6) is -1.88. The molecule has 4 heterocycles. The van der Waals surface area contributed by atoms with Crippen LogP contribution in [0, 0.1) is 6.92 Å². The predicted octanol–water partition coefficient (Wildman–Crippen LogP) is 4.07. The summed E-state index contributed by atoms with van der Waals surface area (Å²) < 4.78 is 10.5. The molecule has 2 atom stereocenters. The van der Waals surface area contributed by atoms with E-state index < -0.39 is 35.1 Å². The SMILES string of the molecule is Cc1csc([C@H]2CCCN2C(=O)c2cc(C(=O)NNC(=O)[C@@](C)(Cc3ccccc3)NC(=O)OC(C)(C)C)nc(N3CCOC3=O)c2)n1. The molecule has 48 heavy (non-hydrogen) atoms. The summed E-state index contributed by atoms with van der Waals surface area (Å²) in [6, 6.07) is 11.6. The first-order valence-corrected chi connectivity index (χ1v) is 16.5. The average molecular weight is 678 g/mol. The number of hydrogen-bond acceptors (Lipinski definition) is 10. The summed E-state index contributed by atoms with van der Waals surface area (Å²) >= 11 is 1.49. The number of ether oxygens (including phenoxy) is 2. The molecule has 5 rings (SSSR count). The van der Waals surface area contributed by atoms with Crippen LogP contribution in [0.25, 0.3) is 0 Å². The van der Waals surface area contributed by atoms with Crippen molar-refractivity contribution in [3.05, 3.63) is 75.4 Å². The number of hydrogen-bond donors (Lipinski definition) is 3. The van der Waals surface area contributed by atoms with Crippen LogP contribution >= 0.6 is 11.3 Å². The third-order valence-electron chi connectivity index (χ3n) is 7.73. The van der Waals surface area contributed by atoms with Gasteiger partial charge in [0.1, 0.15) is 34.3 Å². The van der Waals surface area contributed by atoms with Crippen molar-refractivity contribution in [1.82, 2.24) is 31.0 Å². The van der Waals surface area contributed by atoms with Gasteiger partial charge in [-0.1, -0.05) is 30.3 Å². The maximum absolute atomic E-state index is 13.9. The first kappa shape index (κ1) is 34.3. The molecule has 5 amide bonds. The number of nitrogens with one attached hydrogen (secondary N) is 3. The number of anilines is 1. The lowest BCUT2D eigenvalue weighted by Gasteiger charge is -2.31. The van der Waals surface area contributed by atoms with Gasteiger partial charge < -0.3 is 19.7 Å². The fourth-order valence-electron chi connectivity index (χ4n) is 5.48. The minimum Gasteiger partial charge on any atom is -0.447 e. The van der Waals surface area contributed by atoms with Crippen LogP contribution in [-0.4, -0.2) is 75.6 Å². The van der Waals surface area contributed by atoms with Crippen molar-refractivity contribution in [2.24, 2.45) is 0 Å². The minimum absolute atomic E-state index is 0.0566. The maximum atomic E-state index is 13.9. The Morgan fingerprint density at radius 1 is 1.04 bits per heavy atom. The van der Waals surface area contributed by atoms with E-state index in [4.69, 9.17) is 9.47 Å². The molecular weight excluding hydrogens is 638 g/mol. The maximum Gasteiger partial charge on any atom is 0.415 e. The molecule has 2 aliphatic rings. The Morgan fingerprint density at radius 2 is 1.79 bits per heavy atom. The number of aryl methyl sites for hydroxylation is 1. The highest BCUT2D eigenvalue weighted by Crippen LogP contribution is 2.35. The third-order valence-corrected chi connectivity index (χ3v) is 8.80. The number of carbonyl (C=O) groups is 5. The number of benzene rings is 1. The van der Waals surface area contributed by atoms with Crippen LogP contribution in [0.5, 0.6) is 0 Å². The zero-order valence-corrected chi connectivity index (χ0v) is 28.3. The first-order valence-electron chi connectivity index (χ1n) is 15.6. The molecule has 2 aromatic heterocycles. The number of amides is 5. The fourth-order valence-corrected chi connectivity index (χ4v) is 6.43. The van der Waals surface area contributed by atoms with E-state index in [1.807, 2.05) is 18.4 Å². The average Bonchev–Trinajstić information content (AvgIpc) is 3.79. The summed E-state index contributed by atoms with van der Waals surface area (Å²) in [7, 11) is 0. The number of carbonyl (C=O) groups excluding carboxylic acids is 5. The highest BCUT2D eigenvalue weighted by molar-refractivity contribution is 7.09. The van der Waals surface area contributed by atoms with Crippen LogP contribution in [0.4, 0.5) is 15.4 Å². The van der Waals surface area contributed by atoms with E-state index in [1.54, 1.807) is 49.9 Å². The molecule has 1 aromatic carbocycles. The Bertz CT molecular complexity index is 1710. The lowest BCUT2D eigenvalue weighted by molar-refractivity contribution is -0.127. The van der Waals surface area contributed by atoms with E-state index in [9.17, 15) is 24.0 Å². The van der Waals surface area contributed by atoms with Gasteiger partial charge in [-0.3, -0.25) is 30.1 Å². The van der Waals surface area contributed by atoms with Crippen molar-refractivity contribution < 1.29 is 33.4 Å². The largest absolute Gasteiger partial charge is 0.447 e. The molecule has 254 valence electrons. The summed E-state index contributed by atoms with van der Waals surface area (Å²) in [4.78, 5) is 78.1. The van der Waals surface area contributed by atoms with Crippen molar-refractivity contribution in [1.29, 1.82) is 0 Å². The van der Waals surface area contributed by atoms with Gasteiger partial charge in [0.05, 0.1) is 12.6 Å². The quantitative estimate of drug-likeness (QED) is 0.297. The first-order chi connectivity index (χ1) is 22.7. The number of cyclic esters (lactones) is 1. The molecule has 3 N–H and O–H groups in total. The number of hydrazine groups is 1. The van der Waals surface area contributed by atoms with E-state index in [1.165, 1.54) is 35.3 Å². The molecule has 0 spiro atoms. The fraction of sp³-hybridized carbons (Fsp3) is 0.424. The number of aromatic nitrogens is 2. The number of alkyl carbamates (subject to hydrolysis) is 1. The monoisotopic (exact) mass is 677 g/mol. The standard InChI is InChI=1S/C33H39N7O7S/c1-20-19-48-27(34-20)24-12-9-13-39(24)28(42)22-16-23(35-25(17-22)40-14-15-46-31(40)45)26(41)37-38-29(43)33(5,18-21-10-7-6-8-11-21)36-30(44)47-32(2,3)4/h6-8,10-11,16-17,19,24H,9,12-15,18H2,1-5H3,(H,36,44)(H,37,41)(H,38,43)/t24-,33-/m1/s1. The molecule has 0 radical (unpaired) electrons. The molecule has 2 fully saturated rings. The summed E-state index contributed by atoms with van der Waals surface area (Å²) in [6.07, 6.45) is 0.130. The molecule has 0 unspecified atom stereocenters. The van der Waals surface area contributed by atoms with Gasteiger partial charge in [0.2, 0.25) is 0 Å². The molecule has 2 aliphatic heterocycles. The molecular formula is C33H39N7O7S. The van der Waals surface area contributed by atoms with E-state index in [-0.39, 0.29) is 48.6 Å². The number of nitrogens with zero attached hydrogens (tertiary/aromatic N) is 4. The van der Waals surface area contributed by atoms with Crippen LogP contribution in [0.15, 0.2) is 47.8 Å². The Kier molecular flexibility index (Phi) is 9.98. The molecule has 2 saturated heterocycles. The van der Waals surface area contributed by atoms with Crippen LogP contribution < -0.4 is 21.1 Å². The molecule has 0 saturated carbocycles. The number of thiazole rings is 1. The number of pyridine rings is 1. The Hall–Kier alpha value is -5.05. The lowest BCUT2D eigenvalue weighted by Crippen LogP contribution is -2.61. The molecule has 0 aliphatic carbocycles. The van der Waals surface area contributed by atoms with Crippen LogP contribution in [0.2, 0.25) is 0 Å². The van der Waals surface area contributed by atoms with Gasteiger partial charge >= 0.3 is 12.2 Å². The zero-order valence-electron chi connectivity index (χ0n) is 27.5. The smallest absolute Gasteiger partial charge is 0.415 e. The second kappa shape index (κ2) is 14.0. The predicted molar refractivity (Wildman–Crippen MR) is 176 cm³/mol. The number of rotatable bonds is 8. The second-order valence-corrected chi connectivity index (χ2v) is 13.8. The van der Waals surface area contributed by atoms with Crippen molar-refractivity contribution in [2.45, 2.75) is 71.1 Å². The normalized spacial score (nSPS) is 17.4. The van der Waals surface area contributed by atoms with Crippen molar-refractivity contribution >= 4 is 47.1 Å². The van der Waals surface area contributed by atoms with Crippen LogP contribution in [-0.2, 0) is 20.7 Å². The summed E-state index contributed by atoms with van der Waals surface area (Å²) in [5, 5.41) is 5.40. The number of likely N-dealkylation sites (tertiary alicyclic amines) is 1. The van der Waals surface area contributed by atoms with E-state index in [2.05, 4.69) is 26.1 Å². The van der Waals surface area contributed by atoms with Gasteiger partial charge in [0.15, 0.2) is 0 Å². The van der Waals surface area contributed by atoms with Gasteiger partial charge in [0.25, 0.3) is 17.7 Å². The van der Waals surface area contributed by atoms with Gasteiger partial charge in [-0.05, 0) is 65.2 Å². The Morgan fingerprint density at radius 3 is 2.44 bits per heavy atom. The molecule has 3 aromatic rings. The van der Waals surface area contributed by atoms with E-state index in [0.717, 1.165) is 29.1 Å². The van der Waals surface area contributed by atoms with Gasteiger partial charge in [0, 0.05) is 29.6 Å². The van der Waals surface area contributed by atoms with Crippen molar-refractivity contribution in [3.63, 3.8) is 0 Å². The van der Waals surface area contributed by atoms with Gasteiger partial charge in [-0.15, -0.1) is 11.3 Å². The third kappa shape index (κ3) is 8.08. The topological polar surface area (TPSA) is 172 Å². The van der Waals surface area contributed by atoms with E-state index >= 15 is 0 Å². The lowest BCUT2D eigenvalue weighted by atomic mass is 9.92. The second-order valence-electron chi connectivity index (χ2n) is 12.9. The van der Waals surface area contributed by atoms with Crippen molar-refractivity contribution in [3.8, 4) is 0 Å². The van der Waals surface area contributed by atoms with Crippen LogP contribution in [0.3, 0.4) is 0 Å². The van der Waals surface area contributed by atoms with Crippen molar-refractivity contribution in [2.75, 3.05) is 24.6 Å². The van der Waals surface area contributed by atoms with E-state index in [0.29, 0.717) is 6.54 Å². The van der Waals surface area contributed by atoms with Gasteiger partial charge in [-0.2, -0.15) is 0 Å². The highest BCUT2D eigenvalue weighted by atomic mass is 32.1. The molecule has 0 bridgehead atoms. The Balaban J connectivity index is 1.38. The molecule has 14 nitrogen and oxygen atoms in total. The summed E-state index contributed by atoms with van der Waals surface area (Å²) in [6.45, 7) is 9.31. The zero-order chi connectivity index (χ0) is 34.6. The highest BCUT2D eigenvalue weighted by Gasteiger charge is 2.38.